The summed E-state index contributed by atoms with van der Waals surface area (Å²) in [5.74, 6) is -0.319. The van der Waals surface area contributed by atoms with Crippen LogP contribution in [0.1, 0.15) is 0 Å². The molecule has 0 radical (unpaired) electrons. The van der Waals surface area contributed by atoms with E-state index in [1.54, 1.807) is 7.05 Å². The molecule has 3 nitrogen and oxygen atoms in total. The first kappa shape index (κ1) is 7.90. The number of aromatic amines is 1. The zero-order chi connectivity index (χ0) is 8.48. The van der Waals surface area contributed by atoms with Crippen molar-refractivity contribution in [1.82, 2.24) is 5.10 Å². The number of alkyl halides is 3. The molecule has 0 aliphatic heterocycles. The first-order valence-corrected chi connectivity index (χ1v) is 2.78. The maximum Gasteiger partial charge on any atom is 0.574 e. The number of aryl methyl sites for hydroxylation is 1. The molecule has 0 saturated heterocycles. The largest absolute Gasteiger partial charge is 0.574 e. The first-order valence-electron chi connectivity index (χ1n) is 2.78. The van der Waals surface area contributed by atoms with Crippen molar-refractivity contribution in [1.29, 1.82) is 0 Å². The average molecular weight is 167 g/mol. The van der Waals surface area contributed by atoms with Gasteiger partial charge in [0.25, 0.3) is 5.88 Å². The standard InChI is InChI=1S/C5H5F3N2O/c1-10-3-2-4(9-10)11-5(6,7)8/h2-3H,1H3/p+1. The van der Waals surface area contributed by atoms with Gasteiger partial charge >= 0.3 is 6.36 Å². The fourth-order valence-electron chi connectivity index (χ4n) is 0.609. The Hall–Kier alpha value is -1.20. The molecule has 1 aromatic heterocycles. The Labute approximate surface area is 60.4 Å². The SMILES string of the molecule is C[n+]1ccc(OC(F)(F)F)[nH]1. The van der Waals surface area contributed by atoms with E-state index in [1.807, 2.05) is 0 Å². The topological polar surface area (TPSA) is 28.9 Å². The Morgan fingerprint density at radius 1 is 1.55 bits per heavy atom. The highest BCUT2D eigenvalue weighted by Gasteiger charge is 2.32. The third-order valence-corrected chi connectivity index (χ3v) is 0.962. The summed E-state index contributed by atoms with van der Waals surface area (Å²) in [6.07, 6.45) is -3.21. The molecule has 0 aliphatic carbocycles. The maximum absolute atomic E-state index is 11.5. The highest BCUT2D eigenvalue weighted by molar-refractivity contribution is 5.01. The number of hydrogen-bond acceptors (Lipinski definition) is 1. The van der Waals surface area contributed by atoms with Gasteiger partial charge in [0.2, 0.25) is 0 Å². The van der Waals surface area contributed by atoms with Crippen LogP contribution in [-0.4, -0.2) is 11.5 Å². The molecule has 11 heavy (non-hydrogen) atoms. The van der Waals surface area contributed by atoms with Crippen LogP contribution in [0.3, 0.4) is 0 Å². The molecule has 0 saturated carbocycles. The molecule has 0 unspecified atom stereocenters. The van der Waals surface area contributed by atoms with Gasteiger partial charge < -0.3 is 4.74 Å². The molecular weight excluding hydrogens is 161 g/mol. The van der Waals surface area contributed by atoms with E-state index < -0.39 is 6.36 Å². The zero-order valence-corrected chi connectivity index (χ0v) is 5.64. The molecule has 1 rings (SSSR count). The lowest BCUT2D eigenvalue weighted by atomic mass is 10.7. The second-order valence-corrected chi connectivity index (χ2v) is 1.95. The highest BCUT2D eigenvalue weighted by atomic mass is 19.4. The lowest BCUT2D eigenvalue weighted by molar-refractivity contribution is -0.727. The van der Waals surface area contributed by atoms with E-state index >= 15 is 0 Å². The van der Waals surface area contributed by atoms with E-state index in [0.717, 1.165) is 0 Å². The van der Waals surface area contributed by atoms with Crippen molar-refractivity contribution < 1.29 is 22.6 Å². The highest BCUT2D eigenvalue weighted by Crippen LogP contribution is 2.18. The normalized spacial score (nSPS) is 11.6. The van der Waals surface area contributed by atoms with Gasteiger partial charge in [0.05, 0.1) is 6.07 Å². The molecule has 0 aliphatic rings. The molecule has 0 bridgehead atoms. The van der Waals surface area contributed by atoms with E-state index in [1.165, 1.54) is 16.9 Å². The Kier molecular flexibility index (Phi) is 1.76. The van der Waals surface area contributed by atoms with Crippen LogP contribution in [0.25, 0.3) is 0 Å². The van der Waals surface area contributed by atoms with E-state index in [0.29, 0.717) is 0 Å². The van der Waals surface area contributed by atoms with Crippen LogP contribution in [0.15, 0.2) is 12.3 Å². The molecule has 1 aromatic rings. The fraction of sp³-hybridized carbons (Fsp3) is 0.400. The number of rotatable bonds is 1. The van der Waals surface area contributed by atoms with Crippen molar-refractivity contribution in [3.63, 3.8) is 0 Å². The van der Waals surface area contributed by atoms with Gasteiger partial charge in [-0.1, -0.05) is 0 Å². The predicted octanol–water partition coefficient (Wildman–Crippen LogP) is 0.738. The van der Waals surface area contributed by atoms with Gasteiger partial charge in [-0.3, -0.25) is 0 Å². The monoisotopic (exact) mass is 167 g/mol. The smallest absolute Gasteiger partial charge is 0.385 e. The van der Waals surface area contributed by atoms with Crippen molar-refractivity contribution >= 4 is 0 Å². The summed E-state index contributed by atoms with van der Waals surface area (Å²) < 4.78 is 39.4. The second kappa shape index (κ2) is 2.44. The number of halogens is 3. The number of hydrogen-bond donors (Lipinski definition) is 1. The molecule has 0 spiro atoms. The van der Waals surface area contributed by atoms with Crippen LogP contribution in [0.2, 0.25) is 0 Å². The summed E-state index contributed by atoms with van der Waals surface area (Å²) in [6.45, 7) is 0. The molecule has 1 N–H and O–H groups in total. The van der Waals surface area contributed by atoms with Gasteiger partial charge in [0, 0.05) is 0 Å². The van der Waals surface area contributed by atoms with Crippen LogP contribution in [-0.2, 0) is 7.05 Å². The van der Waals surface area contributed by atoms with E-state index in [4.69, 9.17) is 0 Å². The quantitative estimate of drug-likeness (QED) is 0.614. The Morgan fingerprint density at radius 3 is 2.55 bits per heavy atom. The summed E-state index contributed by atoms with van der Waals surface area (Å²) in [5, 5.41) is 2.31. The molecule has 0 amide bonds. The number of nitrogens with one attached hydrogen (secondary N) is 1. The van der Waals surface area contributed by atoms with Crippen LogP contribution >= 0.6 is 0 Å². The minimum atomic E-state index is -4.63. The van der Waals surface area contributed by atoms with Crippen molar-refractivity contribution in [2.45, 2.75) is 6.36 Å². The predicted molar refractivity (Wildman–Crippen MR) is 28.7 cm³/mol. The maximum atomic E-state index is 11.5. The fourth-order valence-corrected chi connectivity index (χ4v) is 0.609. The van der Waals surface area contributed by atoms with E-state index in [-0.39, 0.29) is 5.88 Å². The molecule has 6 heteroatoms. The molecular formula is C5H6F3N2O+. The van der Waals surface area contributed by atoms with Crippen molar-refractivity contribution in [3.8, 4) is 5.88 Å². The van der Waals surface area contributed by atoms with E-state index in [2.05, 4.69) is 9.84 Å². The summed E-state index contributed by atoms with van der Waals surface area (Å²) in [7, 11) is 1.56. The van der Waals surface area contributed by atoms with Gasteiger partial charge in [-0.2, -0.15) is 0 Å². The summed E-state index contributed by atoms with van der Waals surface area (Å²) >= 11 is 0. The van der Waals surface area contributed by atoms with Crippen LogP contribution in [0, 0.1) is 0 Å². The summed E-state index contributed by atoms with van der Waals surface area (Å²) in [5.41, 5.74) is 0. The second-order valence-electron chi connectivity index (χ2n) is 1.95. The Balaban J connectivity index is 2.65. The molecule has 62 valence electrons. The number of H-pyrrole nitrogens is 1. The molecule has 0 atom stereocenters. The van der Waals surface area contributed by atoms with E-state index in [9.17, 15) is 13.2 Å². The average Bonchev–Trinajstić information content (AvgIpc) is 2.10. The third-order valence-electron chi connectivity index (χ3n) is 0.962. The summed E-state index contributed by atoms with van der Waals surface area (Å²) in [4.78, 5) is 0. The number of ether oxygens (including phenoxy) is 1. The van der Waals surface area contributed by atoms with Crippen LogP contribution < -0.4 is 9.42 Å². The van der Waals surface area contributed by atoms with Gasteiger partial charge in [-0.15, -0.1) is 23.0 Å². The van der Waals surface area contributed by atoms with Gasteiger partial charge in [0.15, 0.2) is 13.2 Å². The minimum Gasteiger partial charge on any atom is -0.385 e. The summed E-state index contributed by atoms with van der Waals surface area (Å²) in [6, 6.07) is 1.19. The van der Waals surface area contributed by atoms with Gasteiger partial charge in [0.1, 0.15) is 0 Å². The molecule has 0 aromatic carbocycles. The lowest BCUT2D eigenvalue weighted by Crippen LogP contribution is -2.29. The lowest BCUT2D eigenvalue weighted by Gasteiger charge is -2.03. The zero-order valence-electron chi connectivity index (χ0n) is 5.64. The van der Waals surface area contributed by atoms with Crippen LogP contribution in [0.4, 0.5) is 13.2 Å². The molecule has 0 fully saturated rings. The van der Waals surface area contributed by atoms with Crippen LogP contribution in [0.5, 0.6) is 5.88 Å². The minimum absolute atomic E-state index is 0.319. The van der Waals surface area contributed by atoms with Crippen molar-refractivity contribution in [3.05, 3.63) is 12.3 Å². The third kappa shape index (κ3) is 2.48. The molecule has 1 heterocycles. The number of nitrogens with zero attached hydrogens (tertiary/aromatic N) is 1. The van der Waals surface area contributed by atoms with Crippen molar-refractivity contribution in [2.24, 2.45) is 7.05 Å². The Bertz CT molecular complexity index is 242. The van der Waals surface area contributed by atoms with Gasteiger partial charge in [-0.05, 0) is 0 Å². The Morgan fingerprint density at radius 2 is 2.18 bits per heavy atom. The first-order chi connectivity index (χ1) is 4.97. The number of aromatic nitrogens is 2. The van der Waals surface area contributed by atoms with Gasteiger partial charge in [-0.25, -0.2) is 0 Å². The van der Waals surface area contributed by atoms with Crippen molar-refractivity contribution in [2.75, 3.05) is 0 Å².